The van der Waals surface area contributed by atoms with Crippen molar-refractivity contribution in [1.29, 1.82) is 0 Å². The number of benzene rings is 2. The van der Waals surface area contributed by atoms with E-state index < -0.39 is 4.92 Å². The number of rotatable bonds is 3. The number of nitro benzene ring substituents is 1. The van der Waals surface area contributed by atoms with E-state index in [-0.39, 0.29) is 11.6 Å². The van der Waals surface area contributed by atoms with E-state index in [4.69, 9.17) is 11.6 Å². The minimum absolute atomic E-state index is 0.0346. The number of hydrogen-bond acceptors (Lipinski definition) is 5. The van der Waals surface area contributed by atoms with Crippen molar-refractivity contribution in [1.82, 2.24) is 4.98 Å². The van der Waals surface area contributed by atoms with Crippen LogP contribution in [-0.4, -0.2) is 15.8 Å². The van der Waals surface area contributed by atoms with Gasteiger partial charge in [-0.3, -0.25) is 14.9 Å². The van der Waals surface area contributed by atoms with Crippen LogP contribution in [0.1, 0.15) is 9.80 Å². The molecule has 0 radical (unpaired) electrons. The van der Waals surface area contributed by atoms with Gasteiger partial charge < -0.3 is 5.32 Å². The van der Waals surface area contributed by atoms with Gasteiger partial charge in [-0.25, -0.2) is 4.98 Å². The van der Waals surface area contributed by atoms with Crippen molar-refractivity contribution in [2.75, 3.05) is 5.32 Å². The minimum atomic E-state index is -0.497. The van der Waals surface area contributed by atoms with E-state index in [1.807, 2.05) is 0 Å². The number of nitrogens with zero attached hydrogens (tertiary/aromatic N) is 2. The Labute approximate surface area is 133 Å². The third-order valence-electron chi connectivity index (χ3n) is 2.88. The summed E-state index contributed by atoms with van der Waals surface area (Å²) in [6.45, 7) is 0. The van der Waals surface area contributed by atoms with Gasteiger partial charge in [-0.2, -0.15) is 0 Å². The topological polar surface area (TPSA) is 85.1 Å². The van der Waals surface area contributed by atoms with Gasteiger partial charge in [-0.1, -0.05) is 11.6 Å². The summed E-state index contributed by atoms with van der Waals surface area (Å²) in [6.07, 6.45) is 0. The first kappa shape index (κ1) is 14.4. The fraction of sp³-hybridized carbons (Fsp3) is 0. The maximum atomic E-state index is 12.2. The number of carbonyl (C=O) groups excluding carboxylic acids is 1. The third kappa shape index (κ3) is 2.90. The Kier molecular flexibility index (Phi) is 3.74. The number of fused-ring (bicyclic) bond motifs is 1. The molecule has 0 bridgehead atoms. The van der Waals surface area contributed by atoms with Gasteiger partial charge >= 0.3 is 0 Å². The van der Waals surface area contributed by atoms with Gasteiger partial charge in [0.1, 0.15) is 0 Å². The molecule has 6 nitrogen and oxygen atoms in total. The minimum Gasteiger partial charge on any atom is -0.320 e. The molecule has 3 rings (SSSR count). The zero-order valence-corrected chi connectivity index (χ0v) is 12.5. The normalized spacial score (nSPS) is 10.6. The summed E-state index contributed by atoms with van der Waals surface area (Å²) in [4.78, 5) is 26.5. The Balaban J connectivity index is 1.81. The first-order chi connectivity index (χ1) is 10.5. The highest BCUT2D eigenvalue weighted by Crippen LogP contribution is 2.25. The summed E-state index contributed by atoms with van der Waals surface area (Å²) >= 11 is 7.14. The van der Waals surface area contributed by atoms with Gasteiger partial charge in [-0.05, 0) is 30.3 Å². The molecule has 0 saturated carbocycles. The molecule has 0 aliphatic heterocycles. The Hall–Kier alpha value is -2.51. The van der Waals surface area contributed by atoms with Crippen LogP contribution in [0.4, 0.5) is 11.4 Å². The van der Waals surface area contributed by atoms with Crippen LogP contribution in [0, 0.1) is 10.1 Å². The Morgan fingerprint density at radius 2 is 1.95 bits per heavy atom. The van der Waals surface area contributed by atoms with Crippen molar-refractivity contribution in [2.45, 2.75) is 0 Å². The number of nitro groups is 1. The zero-order chi connectivity index (χ0) is 15.7. The summed E-state index contributed by atoms with van der Waals surface area (Å²) in [5.74, 6) is -0.369. The highest BCUT2D eigenvalue weighted by atomic mass is 35.5. The van der Waals surface area contributed by atoms with Gasteiger partial charge in [0.15, 0.2) is 5.01 Å². The first-order valence-corrected chi connectivity index (χ1v) is 7.34. The fourth-order valence-corrected chi connectivity index (χ4v) is 2.86. The lowest BCUT2D eigenvalue weighted by Gasteiger charge is -2.01. The second-order valence-electron chi connectivity index (χ2n) is 4.39. The predicted octanol–water partition coefficient (Wildman–Crippen LogP) is 4.11. The Morgan fingerprint density at radius 3 is 2.64 bits per heavy atom. The fourth-order valence-electron chi connectivity index (χ4n) is 1.85. The summed E-state index contributed by atoms with van der Waals surface area (Å²) in [6, 6.07) is 10.8. The summed E-state index contributed by atoms with van der Waals surface area (Å²) in [7, 11) is 0. The molecule has 0 atom stereocenters. The molecule has 1 amide bonds. The van der Waals surface area contributed by atoms with Gasteiger partial charge in [0.05, 0.1) is 15.1 Å². The number of aromatic nitrogens is 1. The van der Waals surface area contributed by atoms with E-state index in [2.05, 4.69) is 10.3 Å². The van der Waals surface area contributed by atoms with E-state index in [9.17, 15) is 14.9 Å². The number of amides is 1. The Morgan fingerprint density at radius 1 is 1.23 bits per heavy atom. The number of hydrogen-bond donors (Lipinski definition) is 1. The van der Waals surface area contributed by atoms with Crippen LogP contribution >= 0.6 is 22.9 Å². The summed E-state index contributed by atoms with van der Waals surface area (Å²) in [5.41, 5.74) is 1.09. The van der Waals surface area contributed by atoms with Crippen LogP contribution in [0.3, 0.4) is 0 Å². The average molecular weight is 334 g/mol. The standard InChI is InChI=1S/C14H8ClN3O3S/c15-8-1-6-12-11(7-8)17-14(22-12)13(19)16-9-2-4-10(5-3-9)18(20)21/h1-7H,(H,16,19). The van der Waals surface area contributed by atoms with Crippen molar-refractivity contribution in [3.05, 3.63) is 62.6 Å². The van der Waals surface area contributed by atoms with E-state index in [0.29, 0.717) is 21.2 Å². The first-order valence-electron chi connectivity index (χ1n) is 6.15. The monoisotopic (exact) mass is 333 g/mol. The van der Waals surface area contributed by atoms with Crippen molar-refractivity contribution in [3.8, 4) is 0 Å². The van der Waals surface area contributed by atoms with Crippen molar-refractivity contribution >= 4 is 50.4 Å². The molecule has 1 aromatic heterocycles. The molecular weight excluding hydrogens is 326 g/mol. The van der Waals surface area contributed by atoms with Crippen LogP contribution in [0.15, 0.2) is 42.5 Å². The van der Waals surface area contributed by atoms with E-state index in [1.165, 1.54) is 35.6 Å². The molecule has 0 spiro atoms. The number of nitrogens with one attached hydrogen (secondary N) is 1. The quantitative estimate of drug-likeness (QED) is 0.577. The highest BCUT2D eigenvalue weighted by Gasteiger charge is 2.13. The maximum absolute atomic E-state index is 12.2. The lowest BCUT2D eigenvalue weighted by Crippen LogP contribution is -2.11. The summed E-state index contributed by atoms with van der Waals surface area (Å²) < 4.78 is 0.859. The molecule has 0 fully saturated rings. The van der Waals surface area contributed by atoms with Crippen LogP contribution in [0.25, 0.3) is 10.2 Å². The maximum Gasteiger partial charge on any atom is 0.284 e. The largest absolute Gasteiger partial charge is 0.320 e. The van der Waals surface area contributed by atoms with E-state index in [0.717, 1.165) is 4.70 Å². The molecule has 1 N–H and O–H groups in total. The molecular formula is C14H8ClN3O3S. The molecule has 110 valence electrons. The predicted molar refractivity (Wildman–Crippen MR) is 85.7 cm³/mol. The lowest BCUT2D eigenvalue weighted by molar-refractivity contribution is -0.384. The average Bonchev–Trinajstić information content (AvgIpc) is 2.91. The molecule has 22 heavy (non-hydrogen) atoms. The smallest absolute Gasteiger partial charge is 0.284 e. The number of anilines is 1. The number of non-ortho nitro benzene ring substituents is 1. The molecule has 2 aromatic carbocycles. The Bertz CT molecular complexity index is 877. The van der Waals surface area contributed by atoms with Crippen LogP contribution in [-0.2, 0) is 0 Å². The third-order valence-corrected chi connectivity index (χ3v) is 4.15. The number of thiazole rings is 1. The van der Waals surface area contributed by atoms with Gasteiger partial charge in [-0.15, -0.1) is 11.3 Å². The molecule has 1 heterocycles. The summed E-state index contributed by atoms with van der Waals surface area (Å²) in [5, 5.41) is 14.1. The van der Waals surface area contributed by atoms with Crippen LogP contribution in [0.2, 0.25) is 5.02 Å². The number of halogens is 1. The lowest BCUT2D eigenvalue weighted by atomic mass is 10.3. The van der Waals surface area contributed by atoms with Crippen LogP contribution < -0.4 is 5.32 Å². The highest BCUT2D eigenvalue weighted by molar-refractivity contribution is 7.20. The zero-order valence-electron chi connectivity index (χ0n) is 10.9. The van der Waals surface area contributed by atoms with Crippen molar-refractivity contribution in [2.24, 2.45) is 0 Å². The molecule has 3 aromatic rings. The van der Waals surface area contributed by atoms with Crippen molar-refractivity contribution < 1.29 is 9.72 Å². The molecule has 0 aliphatic rings. The van der Waals surface area contributed by atoms with Gasteiger partial charge in [0, 0.05) is 22.8 Å². The second kappa shape index (κ2) is 5.70. The van der Waals surface area contributed by atoms with Crippen LogP contribution in [0.5, 0.6) is 0 Å². The van der Waals surface area contributed by atoms with Gasteiger partial charge in [0.2, 0.25) is 0 Å². The number of carbonyl (C=O) groups is 1. The molecule has 8 heteroatoms. The molecule has 0 aliphatic carbocycles. The van der Waals surface area contributed by atoms with E-state index in [1.54, 1.807) is 18.2 Å². The van der Waals surface area contributed by atoms with Crippen molar-refractivity contribution in [3.63, 3.8) is 0 Å². The molecule has 0 saturated heterocycles. The van der Waals surface area contributed by atoms with E-state index >= 15 is 0 Å². The second-order valence-corrected chi connectivity index (χ2v) is 5.86. The molecule has 0 unspecified atom stereocenters. The van der Waals surface area contributed by atoms with Gasteiger partial charge in [0.25, 0.3) is 11.6 Å². The SMILES string of the molecule is O=C(Nc1ccc([N+](=O)[O-])cc1)c1nc2cc(Cl)ccc2s1.